The van der Waals surface area contributed by atoms with Crippen LogP contribution in [0.25, 0.3) is 0 Å². The minimum atomic E-state index is -1.17. The van der Waals surface area contributed by atoms with E-state index in [0.29, 0.717) is 0 Å². The van der Waals surface area contributed by atoms with E-state index in [9.17, 15) is 14.4 Å². The van der Waals surface area contributed by atoms with Crippen molar-refractivity contribution in [3.8, 4) is 6.07 Å². The molecule has 116 valence electrons. The fourth-order valence-corrected chi connectivity index (χ4v) is 2.12. The molecular weight excluding hydrogens is 282 g/mol. The summed E-state index contributed by atoms with van der Waals surface area (Å²) in [7, 11) is 0. The average Bonchev–Trinajstić information content (AvgIpc) is 2.35. The van der Waals surface area contributed by atoms with Crippen molar-refractivity contribution in [1.29, 1.82) is 5.26 Å². The highest BCUT2D eigenvalue weighted by molar-refractivity contribution is 5.68. The highest BCUT2D eigenvalue weighted by atomic mass is 16.6. The van der Waals surface area contributed by atoms with Gasteiger partial charge in [-0.3, -0.25) is 14.4 Å². The Balaban J connectivity index is 3.11. The first-order valence-electron chi connectivity index (χ1n) is 6.33. The molecule has 1 aliphatic rings. The van der Waals surface area contributed by atoms with E-state index in [-0.39, 0.29) is 0 Å². The molecule has 5 atom stereocenters. The summed E-state index contributed by atoms with van der Waals surface area (Å²) in [5.41, 5.74) is 0. The smallest absolute Gasteiger partial charge is 0.303 e. The molecule has 0 aromatic rings. The second-order valence-corrected chi connectivity index (χ2v) is 4.61. The number of nitrogens with zero attached hydrogens (tertiary/aromatic N) is 1. The summed E-state index contributed by atoms with van der Waals surface area (Å²) in [5, 5.41) is 9.10. The van der Waals surface area contributed by atoms with Crippen LogP contribution in [0.1, 0.15) is 27.7 Å². The van der Waals surface area contributed by atoms with Crippen LogP contribution in [0.5, 0.6) is 0 Å². The van der Waals surface area contributed by atoms with Crippen LogP contribution in [-0.4, -0.2) is 48.4 Å². The highest BCUT2D eigenvalue weighted by Crippen LogP contribution is 2.28. The third kappa shape index (κ3) is 4.43. The van der Waals surface area contributed by atoms with Gasteiger partial charge in [0.2, 0.25) is 0 Å². The largest absolute Gasteiger partial charge is 0.456 e. The van der Waals surface area contributed by atoms with Crippen LogP contribution in [0.4, 0.5) is 0 Å². The van der Waals surface area contributed by atoms with Gasteiger partial charge in [-0.05, 0) is 6.92 Å². The molecule has 0 aromatic carbocycles. The zero-order chi connectivity index (χ0) is 16.2. The fraction of sp³-hybridized carbons (Fsp3) is 0.692. The number of rotatable bonds is 3. The minimum absolute atomic E-state index is 0.607. The molecule has 0 radical (unpaired) electrons. The first-order valence-corrected chi connectivity index (χ1v) is 6.33. The van der Waals surface area contributed by atoms with Crippen molar-refractivity contribution >= 4 is 17.9 Å². The molecule has 1 heterocycles. The second-order valence-electron chi connectivity index (χ2n) is 4.61. The third-order valence-corrected chi connectivity index (χ3v) is 2.80. The molecule has 1 aliphatic heterocycles. The number of esters is 3. The third-order valence-electron chi connectivity index (χ3n) is 2.80. The first kappa shape index (κ1) is 16.9. The van der Waals surface area contributed by atoms with Gasteiger partial charge in [-0.25, -0.2) is 0 Å². The Morgan fingerprint density at radius 1 is 0.905 bits per heavy atom. The van der Waals surface area contributed by atoms with Gasteiger partial charge in [0.15, 0.2) is 24.4 Å². The average molecular weight is 299 g/mol. The molecule has 1 rings (SSSR count). The van der Waals surface area contributed by atoms with E-state index >= 15 is 0 Å². The summed E-state index contributed by atoms with van der Waals surface area (Å²) in [6.07, 6.45) is -5.07. The Kier molecular flexibility index (Phi) is 5.67. The minimum Gasteiger partial charge on any atom is -0.456 e. The van der Waals surface area contributed by atoms with Crippen LogP contribution < -0.4 is 0 Å². The van der Waals surface area contributed by atoms with E-state index in [0.717, 1.165) is 13.8 Å². The first-order chi connectivity index (χ1) is 9.76. The van der Waals surface area contributed by atoms with Gasteiger partial charge in [-0.1, -0.05) is 0 Å². The quantitative estimate of drug-likeness (QED) is 0.532. The topological polar surface area (TPSA) is 112 Å². The molecule has 0 spiro atoms. The lowest BCUT2D eigenvalue weighted by molar-refractivity contribution is -0.234. The molecule has 8 nitrogen and oxygen atoms in total. The van der Waals surface area contributed by atoms with E-state index < -0.39 is 48.4 Å². The Hall–Kier alpha value is -2.14. The van der Waals surface area contributed by atoms with Gasteiger partial charge in [0, 0.05) is 20.8 Å². The van der Waals surface area contributed by atoms with Crippen molar-refractivity contribution in [2.45, 2.75) is 58.2 Å². The number of hydrogen-bond donors (Lipinski definition) is 0. The van der Waals surface area contributed by atoms with E-state index in [4.69, 9.17) is 24.2 Å². The van der Waals surface area contributed by atoms with Crippen LogP contribution in [0, 0.1) is 11.3 Å². The number of nitriles is 1. The normalized spacial score (nSPS) is 31.7. The van der Waals surface area contributed by atoms with Crippen molar-refractivity contribution in [2.24, 2.45) is 0 Å². The maximum Gasteiger partial charge on any atom is 0.303 e. The second kappa shape index (κ2) is 7.04. The standard InChI is InChI=1S/C13H17NO7/c1-6-11(19-7(2)15)13(21-9(4)17)12(20-8(3)16)10(5-14)18-6/h6,10-13H,1-4H3/t6-,10+,11-,12-,13+/m0/s1. The lowest BCUT2D eigenvalue weighted by atomic mass is 9.95. The molecule has 1 fully saturated rings. The van der Waals surface area contributed by atoms with Crippen molar-refractivity contribution < 1.29 is 33.3 Å². The molecule has 0 N–H and O–H groups in total. The van der Waals surface area contributed by atoms with Crippen LogP contribution in [0.15, 0.2) is 0 Å². The Bertz CT molecular complexity index is 470. The van der Waals surface area contributed by atoms with Gasteiger partial charge >= 0.3 is 17.9 Å². The maximum atomic E-state index is 11.2. The molecular formula is C13H17NO7. The lowest BCUT2D eigenvalue weighted by Gasteiger charge is -2.41. The fourth-order valence-electron chi connectivity index (χ4n) is 2.12. The summed E-state index contributed by atoms with van der Waals surface area (Å²) < 4.78 is 20.6. The molecule has 8 heteroatoms. The van der Waals surface area contributed by atoms with E-state index in [1.165, 1.54) is 6.92 Å². The molecule has 0 aromatic heterocycles. The Morgan fingerprint density at radius 2 is 1.33 bits per heavy atom. The van der Waals surface area contributed by atoms with Crippen molar-refractivity contribution in [3.05, 3.63) is 0 Å². The number of carbonyl (C=O) groups is 3. The summed E-state index contributed by atoms with van der Waals surface area (Å²) >= 11 is 0. The molecule has 0 saturated carbocycles. The van der Waals surface area contributed by atoms with Gasteiger partial charge in [0.25, 0.3) is 0 Å². The highest BCUT2D eigenvalue weighted by Gasteiger charge is 2.50. The lowest BCUT2D eigenvalue weighted by Crippen LogP contribution is -2.60. The summed E-state index contributed by atoms with van der Waals surface area (Å²) in [4.78, 5) is 33.6. The van der Waals surface area contributed by atoms with Crippen molar-refractivity contribution in [1.82, 2.24) is 0 Å². The summed E-state index contributed by atoms with van der Waals surface area (Å²) in [5.74, 6) is -1.93. The molecule has 21 heavy (non-hydrogen) atoms. The van der Waals surface area contributed by atoms with E-state index in [1.807, 2.05) is 6.07 Å². The summed E-state index contributed by atoms with van der Waals surface area (Å²) in [6.45, 7) is 5.07. The molecule has 1 saturated heterocycles. The van der Waals surface area contributed by atoms with Crippen LogP contribution >= 0.6 is 0 Å². The number of ether oxygens (including phenoxy) is 4. The monoisotopic (exact) mass is 299 g/mol. The van der Waals surface area contributed by atoms with E-state index in [2.05, 4.69) is 0 Å². The van der Waals surface area contributed by atoms with Gasteiger partial charge < -0.3 is 18.9 Å². The maximum absolute atomic E-state index is 11.2. The molecule has 0 bridgehead atoms. The zero-order valence-electron chi connectivity index (χ0n) is 12.2. The Labute approximate surface area is 121 Å². The molecule has 0 unspecified atom stereocenters. The van der Waals surface area contributed by atoms with Crippen LogP contribution in [0.2, 0.25) is 0 Å². The zero-order valence-corrected chi connectivity index (χ0v) is 12.2. The Morgan fingerprint density at radius 3 is 1.76 bits per heavy atom. The van der Waals surface area contributed by atoms with Crippen LogP contribution in [0.3, 0.4) is 0 Å². The predicted octanol–water partition coefficient (Wildman–Crippen LogP) is 0.0924. The van der Waals surface area contributed by atoms with E-state index in [1.54, 1.807) is 6.92 Å². The number of hydrogen-bond acceptors (Lipinski definition) is 8. The summed E-state index contributed by atoms with van der Waals surface area (Å²) in [6, 6.07) is 1.84. The van der Waals surface area contributed by atoms with Crippen molar-refractivity contribution in [3.63, 3.8) is 0 Å². The molecule has 0 amide bonds. The van der Waals surface area contributed by atoms with Gasteiger partial charge in [0.05, 0.1) is 12.2 Å². The van der Waals surface area contributed by atoms with Gasteiger partial charge in [-0.2, -0.15) is 5.26 Å². The number of carbonyl (C=O) groups excluding carboxylic acids is 3. The van der Waals surface area contributed by atoms with Gasteiger partial charge in [0.1, 0.15) is 0 Å². The van der Waals surface area contributed by atoms with Crippen molar-refractivity contribution in [2.75, 3.05) is 0 Å². The van der Waals surface area contributed by atoms with Crippen LogP contribution in [-0.2, 0) is 33.3 Å². The molecule has 0 aliphatic carbocycles. The van der Waals surface area contributed by atoms with Gasteiger partial charge in [-0.15, -0.1) is 0 Å². The predicted molar refractivity (Wildman–Crippen MR) is 66.6 cm³/mol. The SMILES string of the molecule is CC(=O)O[C@@H]1[C@@H](OC(C)=O)[C@H](C)O[C@H](C#N)[C@@H]1OC(C)=O.